The third-order valence-corrected chi connectivity index (χ3v) is 5.50. The van der Waals surface area contributed by atoms with E-state index in [-0.39, 0.29) is 11.6 Å². The molecule has 8 nitrogen and oxygen atoms in total. The molecule has 0 saturated carbocycles. The molecule has 0 unspecified atom stereocenters. The number of likely N-dealkylation sites (N-methyl/N-ethyl adjacent to an activating group) is 1. The number of rotatable bonds is 8. The van der Waals surface area contributed by atoms with Gasteiger partial charge in [-0.1, -0.05) is 6.07 Å². The number of carbonyl (C=O) groups excluding carboxylic acids is 1. The van der Waals surface area contributed by atoms with E-state index in [4.69, 9.17) is 9.47 Å². The third kappa shape index (κ3) is 3.64. The zero-order chi connectivity index (χ0) is 19.6. The predicted octanol–water partition coefficient (Wildman–Crippen LogP) is 1.57. The van der Waals surface area contributed by atoms with Crippen LogP contribution in [0.5, 0.6) is 11.5 Å². The highest BCUT2D eigenvalue weighted by atomic mass is 16.5. The Balaban J connectivity index is 1.34. The van der Waals surface area contributed by atoms with Crippen LogP contribution in [0.2, 0.25) is 0 Å². The molecule has 0 bridgehead atoms. The molecular weight excluding hydrogens is 358 g/mol. The number of urea groups is 1. The molecule has 28 heavy (non-hydrogen) atoms. The molecule has 1 N–H and O–H groups in total. The van der Waals surface area contributed by atoms with E-state index in [2.05, 4.69) is 27.3 Å². The quantitative estimate of drug-likeness (QED) is 0.747. The summed E-state index contributed by atoms with van der Waals surface area (Å²) in [5.41, 5.74) is 1.14. The number of likely N-dealkylation sites (tertiary alicyclic amines) is 1. The Morgan fingerprint density at radius 3 is 2.79 bits per heavy atom. The first-order valence-electron chi connectivity index (χ1n) is 9.68. The zero-order valence-corrected chi connectivity index (χ0v) is 16.4. The molecule has 3 heterocycles. The first-order valence-corrected chi connectivity index (χ1v) is 9.68. The number of aromatic nitrogens is 2. The number of ether oxygens (including phenoxy) is 2. The molecule has 0 radical (unpaired) electrons. The van der Waals surface area contributed by atoms with Gasteiger partial charge in [-0.25, -0.2) is 9.78 Å². The lowest BCUT2D eigenvalue weighted by molar-refractivity contribution is -0.00110. The smallest absolute Gasteiger partial charge is 0.317 e. The van der Waals surface area contributed by atoms with Crippen molar-refractivity contribution in [2.45, 2.75) is 25.6 Å². The molecule has 0 atom stereocenters. The minimum absolute atomic E-state index is 0.0236. The molecule has 2 amide bonds. The molecule has 2 aromatic rings. The average molecular weight is 385 g/mol. The van der Waals surface area contributed by atoms with Crippen molar-refractivity contribution in [3.05, 3.63) is 42.5 Å². The van der Waals surface area contributed by atoms with Crippen molar-refractivity contribution >= 4 is 6.03 Å². The van der Waals surface area contributed by atoms with Crippen molar-refractivity contribution in [2.75, 3.05) is 39.9 Å². The van der Waals surface area contributed by atoms with E-state index in [1.807, 2.05) is 35.7 Å². The summed E-state index contributed by atoms with van der Waals surface area (Å²) in [5, 5.41) is 2.93. The fourth-order valence-electron chi connectivity index (χ4n) is 3.89. The van der Waals surface area contributed by atoms with E-state index in [1.165, 1.54) is 5.56 Å². The molecule has 2 aliphatic heterocycles. The summed E-state index contributed by atoms with van der Waals surface area (Å²) >= 11 is 0. The number of imidazole rings is 1. The molecule has 1 aromatic carbocycles. The van der Waals surface area contributed by atoms with Crippen LogP contribution in [0.1, 0.15) is 12.5 Å². The highest BCUT2D eigenvalue weighted by Gasteiger charge is 2.51. The van der Waals surface area contributed by atoms with Crippen LogP contribution in [0.3, 0.4) is 0 Å². The van der Waals surface area contributed by atoms with Gasteiger partial charge in [-0.2, -0.15) is 0 Å². The third-order valence-electron chi connectivity index (χ3n) is 5.50. The van der Waals surface area contributed by atoms with E-state index >= 15 is 0 Å². The van der Waals surface area contributed by atoms with E-state index in [0.717, 1.165) is 44.2 Å². The standard InChI is InChI=1S/C20H27N5O3/c1-3-27-18-10-16(4-5-17(18)28-9-8-24-7-6-21-15-24)11-25-13-20(14-25)12-22-19(26)23(20)2/h4-7,10,15H,3,8-9,11-14H2,1-2H3,(H,22,26). The van der Waals surface area contributed by atoms with Gasteiger partial charge in [0.15, 0.2) is 11.5 Å². The molecule has 8 heteroatoms. The minimum Gasteiger partial charge on any atom is -0.490 e. The second-order valence-corrected chi connectivity index (χ2v) is 7.45. The average Bonchev–Trinajstić information content (AvgIpc) is 3.27. The molecule has 0 aliphatic carbocycles. The number of carbonyl (C=O) groups is 1. The van der Waals surface area contributed by atoms with Gasteiger partial charge in [-0.05, 0) is 24.6 Å². The van der Waals surface area contributed by atoms with Crippen LogP contribution in [0.15, 0.2) is 36.9 Å². The van der Waals surface area contributed by atoms with Gasteiger partial charge in [0, 0.05) is 45.6 Å². The second kappa shape index (κ2) is 7.71. The summed E-state index contributed by atoms with van der Waals surface area (Å²) in [7, 11) is 1.88. The summed E-state index contributed by atoms with van der Waals surface area (Å²) < 4.78 is 13.7. The fraction of sp³-hybridized carbons (Fsp3) is 0.500. The van der Waals surface area contributed by atoms with Crippen molar-refractivity contribution in [3.8, 4) is 11.5 Å². The van der Waals surface area contributed by atoms with E-state index < -0.39 is 0 Å². The normalized spacial score (nSPS) is 18.2. The van der Waals surface area contributed by atoms with Gasteiger partial charge >= 0.3 is 6.03 Å². The van der Waals surface area contributed by atoms with Gasteiger partial charge < -0.3 is 24.3 Å². The molecule has 2 fully saturated rings. The van der Waals surface area contributed by atoms with Gasteiger partial charge in [0.05, 0.1) is 25.0 Å². The number of amides is 2. The van der Waals surface area contributed by atoms with Crippen LogP contribution in [0.25, 0.3) is 0 Å². The maximum atomic E-state index is 11.7. The Morgan fingerprint density at radius 1 is 1.25 bits per heavy atom. The van der Waals surface area contributed by atoms with Crippen molar-refractivity contribution in [1.82, 2.24) is 24.7 Å². The Bertz CT molecular complexity index is 817. The first-order chi connectivity index (χ1) is 13.6. The Labute approximate surface area is 165 Å². The summed E-state index contributed by atoms with van der Waals surface area (Å²) in [6.07, 6.45) is 5.46. The maximum absolute atomic E-state index is 11.7. The number of nitrogens with one attached hydrogen (secondary N) is 1. The van der Waals surface area contributed by atoms with Crippen LogP contribution < -0.4 is 14.8 Å². The van der Waals surface area contributed by atoms with Crippen LogP contribution in [-0.2, 0) is 13.1 Å². The molecule has 1 spiro atoms. The lowest BCUT2D eigenvalue weighted by Gasteiger charge is -2.50. The molecule has 1 aromatic heterocycles. The maximum Gasteiger partial charge on any atom is 0.317 e. The SMILES string of the molecule is CCOc1cc(CN2CC3(CNC(=O)N3C)C2)ccc1OCCn1ccnc1. The molecule has 2 aliphatic rings. The Hall–Kier alpha value is -2.74. The van der Waals surface area contributed by atoms with Crippen LogP contribution in [0, 0.1) is 0 Å². The van der Waals surface area contributed by atoms with Crippen LogP contribution in [-0.4, -0.2) is 70.8 Å². The zero-order valence-electron chi connectivity index (χ0n) is 16.4. The monoisotopic (exact) mass is 385 g/mol. The van der Waals surface area contributed by atoms with Crippen molar-refractivity contribution < 1.29 is 14.3 Å². The fourth-order valence-corrected chi connectivity index (χ4v) is 3.89. The number of nitrogens with zero attached hydrogens (tertiary/aromatic N) is 4. The van der Waals surface area contributed by atoms with E-state index in [0.29, 0.717) is 13.2 Å². The Kier molecular flexibility index (Phi) is 5.13. The minimum atomic E-state index is -0.0454. The van der Waals surface area contributed by atoms with Crippen molar-refractivity contribution in [3.63, 3.8) is 0 Å². The Morgan fingerprint density at radius 2 is 2.11 bits per heavy atom. The lowest BCUT2D eigenvalue weighted by atomic mass is 9.89. The van der Waals surface area contributed by atoms with Crippen molar-refractivity contribution in [2.24, 2.45) is 0 Å². The number of hydrogen-bond donors (Lipinski definition) is 1. The van der Waals surface area contributed by atoms with Crippen molar-refractivity contribution in [1.29, 1.82) is 0 Å². The van der Waals surface area contributed by atoms with Gasteiger partial charge in [0.2, 0.25) is 0 Å². The lowest BCUT2D eigenvalue weighted by Crippen LogP contribution is -2.68. The number of benzene rings is 1. The molecule has 2 saturated heterocycles. The van der Waals surface area contributed by atoms with E-state index in [1.54, 1.807) is 12.5 Å². The molecule has 4 rings (SSSR count). The summed E-state index contributed by atoms with van der Waals surface area (Å²) in [6.45, 7) is 7.19. The van der Waals surface area contributed by atoms with Gasteiger partial charge in [0.25, 0.3) is 0 Å². The number of hydrogen-bond acceptors (Lipinski definition) is 5. The highest BCUT2D eigenvalue weighted by molar-refractivity contribution is 5.78. The first kappa shape index (κ1) is 18.6. The summed E-state index contributed by atoms with van der Waals surface area (Å²) in [5.74, 6) is 1.53. The predicted molar refractivity (Wildman–Crippen MR) is 105 cm³/mol. The van der Waals surface area contributed by atoms with Gasteiger partial charge in [-0.15, -0.1) is 0 Å². The molecular formula is C20H27N5O3. The highest BCUT2D eigenvalue weighted by Crippen LogP contribution is 2.33. The van der Waals surface area contributed by atoms with Crippen LogP contribution in [0.4, 0.5) is 4.79 Å². The van der Waals surface area contributed by atoms with Gasteiger partial charge in [-0.3, -0.25) is 4.90 Å². The molecule has 150 valence electrons. The largest absolute Gasteiger partial charge is 0.490 e. The van der Waals surface area contributed by atoms with E-state index in [9.17, 15) is 4.79 Å². The summed E-state index contributed by atoms with van der Waals surface area (Å²) in [4.78, 5) is 19.9. The summed E-state index contributed by atoms with van der Waals surface area (Å²) in [6, 6.07) is 6.15. The van der Waals surface area contributed by atoms with Gasteiger partial charge in [0.1, 0.15) is 6.61 Å². The topological polar surface area (TPSA) is 71.9 Å². The second-order valence-electron chi connectivity index (χ2n) is 7.45. The van der Waals surface area contributed by atoms with Crippen LogP contribution >= 0.6 is 0 Å².